The zero-order chi connectivity index (χ0) is 14.4. The smallest absolute Gasteiger partial charge is 0.165 e. The van der Waals surface area contributed by atoms with E-state index >= 15 is 0 Å². The van der Waals surface area contributed by atoms with Crippen LogP contribution in [-0.4, -0.2) is 10.9 Å². The predicted octanol–water partition coefficient (Wildman–Crippen LogP) is 4.24. The number of aliphatic imine (C=N–C) groups is 1. The van der Waals surface area contributed by atoms with Crippen LogP contribution in [0, 0.1) is 0 Å². The van der Waals surface area contributed by atoms with Gasteiger partial charge in [0.2, 0.25) is 0 Å². The van der Waals surface area contributed by atoms with Gasteiger partial charge in [-0.05, 0) is 37.5 Å². The van der Waals surface area contributed by atoms with E-state index < -0.39 is 5.54 Å². The molecule has 2 rings (SSSR count). The molecule has 0 saturated carbocycles. The van der Waals surface area contributed by atoms with Gasteiger partial charge in [0.25, 0.3) is 0 Å². The Kier molecular flexibility index (Phi) is 4.78. The van der Waals surface area contributed by atoms with Gasteiger partial charge in [-0.1, -0.05) is 48.6 Å². The van der Waals surface area contributed by atoms with Gasteiger partial charge in [-0.15, -0.1) is 0 Å². The summed E-state index contributed by atoms with van der Waals surface area (Å²) in [6, 6.07) is 9.76. The van der Waals surface area contributed by atoms with E-state index in [0.29, 0.717) is 6.42 Å². The van der Waals surface area contributed by atoms with Crippen molar-refractivity contribution in [3.63, 3.8) is 0 Å². The van der Waals surface area contributed by atoms with Crippen LogP contribution in [0.3, 0.4) is 0 Å². The maximum absolute atomic E-state index is 12.4. The molecular weight excluding hydrogens is 266 g/mol. The monoisotopic (exact) mass is 283 g/mol. The maximum Gasteiger partial charge on any atom is 0.165 e. The number of benzene rings is 1. The molecule has 3 heteroatoms. The topological polar surface area (TPSA) is 29.4 Å². The van der Waals surface area contributed by atoms with E-state index in [0.717, 1.165) is 24.0 Å². The van der Waals surface area contributed by atoms with E-state index in [1.54, 1.807) is 0 Å². The van der Waals surface area contributed by atoms with E-state index in [9.17, 15) is 4.79 Å². The first-order valence-corrected chi connectivity index (χ1v) is 7.11. The Bertz CT molecular complexity index is 597. The van der Waals surface area contributed by atoms with Gasteiger partial charge in [-0.3, -0.25) is 4.79 Å². The lowest BCUT2D eigenvalue weighted by Crippen LogP contribution is -2.24. The van der Waals surface area contributed by atoms with Crippen LogP contribution in [-0.2, 0) is 10.3 Å². The molecule has 2 nitrogen and oxygen atoms in total. The van der Waals surface area contributed by atoms with Gasteiger partial charge in [-0.2, -0.15) is 0 Å². The second-order valence-electron chi connectivity index (χ2n) is 5.08. The highest BCUT2D eigenvalue weighted by Gasteiger charge is 2.29. The first-order valence-electron chi connectivity index (χ1n) is 6.70. The first-order chi connectivity index (χ1) is 9.65. The molecule has 1 aromatic rings. The molecule has 0 spiro atoms. The zero-order valence-corrected chi connectivity index (χ0v) is 12.3. The average molecular weight is 283 g/mol. The summed E-state index contributed by atoms with van der Waals surface area (Å²) < 4.78 is 0. The van der Waals surface area contributed by atoms with Crippen LogP contribution >= 0.6 is 12.2 Å². The first kappa shape index (κ1) is 14.6. The Morgan fingerprint density at radius 2 is 2.10 bits per heavy atom. The fraction of sp³-hybridized carbons (Fsp3) is 0.294. The summed E-state index contributed by atoms with van der Waals surface area (Å²) in [7, 11) is 0. The van der Waals surface area contributed by atoms with E-state index in [2.05, 4.69) is 10.2 Å². The molecule has 0 radical (unpaired) electrons. The molecule has 102 valence electrons. The number of carbonyl (C=O) groups excluding carboxylic acids is 1. The van der Waals surface area contributed by atoms with E-state index in [4.69, 9.17) is 12.2 Å². The summed E-state index contributed by atoms with van der Waals surface area (Å²) in [5.41, 5.74) is 1.11. The standard InChI is InChI=1S/C17H17NOS/c1-17(18-13-20,15-10-6-3-7-11-15)12-16(19)14-8-4-2-5-9-14/h3-4,6-11H,2,5,12H2,1H3. The molecule has 1 aliphatic rings. The SMILES string of the molecule is CC(CC(=O)C1=CCCC=C1)(N=C=S)c1ccccc1. The van der Waals surface area contributed by atoms with Crippen LogP contribution in [0.5, 0.6) is 0 Å². The normalized spacial score (nSPS) is 16.8. The molecular formula is C17H17NOS. The lowest BCUT2D eigenvalue weighted by molar-refractivity contribution is -0.116. The number of rotatable bonds is 5. The van der Waals surface area contributed by atoms with E-state index in [-0.39, 0.29) is 5.78 Å². The van der Waals surface area contributed by atoms with Gasteiger partial charge in [0.15, 0.2) is 5.78 Å². The minimum absolute atomic E-state index is 0.0984. The van der Waals surface area contributed by atoms with Crippen molar-refractivity contribution in [1.82, 2.24) is 0 Å². The fourth-order valence-corrected chi connectivity index (χ4v) is 2.54. The van der Waals surface area contributed by atoms with Crippen molar-refractivity contribution in [1.29, 1.82) is 0 Å². The number of allylic oxidation sites excluding steroid dienone is 4. The molecule has 0 bridgehead atoms. The second kappa shape index (κ2) is 6.56. The number of hydrogen-bond donors (Lipinski definition) is 0. The highest BCUT2D eigenvalue weighted by Crippen LogP contribution is 2.30. The number of Topliss-reactive ketones (excluding diaryl/α,β-unsaturated/α-hetero) is 1. The van der Waals surface area contributed by atoms with Crippen LogP contribution in [0.4, 0.5) is 0 Å². The van der Waals surface area contributed by atoms with Gasteiger partial charge in [0, 0.05) is 12.0 Å². The summed E-state index contributed by atoms with van der Waals surface area (Å²) >= 11 is 4.75. The van der Waals surface area contributed by atoms with Crippen molar-refractivity contribution in [2.45, 2.75) is 31.7 Å². The second-order valence-corrected chi connectivity index (χ2v) is 5.26. The van der Waals surface area contributed by atoms with Crippen molar-refractivity contribution < 1.29 is 4.79 Å². The molecule has 1 aliphatic carbocycles. The number of isothiocyanates is 1. The third-order valence-electron chi connectivity index (χ3n) is 3.51. The molecule has 20 heavy (non-hydrogen) atoms. The van der Waals surface area contributed by atoms with Gasteiger partial charge >= 0.3 is 0 Å². The van der Waals surface area contributed by atoms with Crippen molar-refractivity contribution >= 4 is 23.2 Å². The Hall–Kier alpha value is -1.83. The molecule has 1 aromatic carbocycles. The summed E-state index contributed by atoms with van der Waals surface area (Å²) in [6.45, 7) is 1.92. The summed E-state index contributed by atoms with van der Waals surface area (Å²) in [4.78, 5) is 16.7. The lowest BCUT2D eigenvalue weighted by Gasteiger charge is -2.24. The van der Waals surface area contributed by atoms with Gasteiger partial charge in [0.1, 0.15) is 5.54 Å². The van der Waals surface area contributed by atoms with Crippen LogP contribution in [0.2, 0.25) is 0 Å². The van der Waals surface area contributed by atoms with Crippen LogP contribution < -0.4 is 0 Å². The average Bonchev–Trinajstić information content (AvgIpc) is 2.49. The van der Waals surface area contributed by atoms with Gasteiger partial charge in [0.05, 0.1) is 5.16 Å². The zero-order valence-electron chi connectivity index (χ0n) is 11.5. The fourth-order valence-electron chi connectivity index (χ4n) is 2.34. The van der Waals surface area contributed by atoms with Crippen LogP contribution in [0.25, 0.3) is 0 Å². The molecule has 0 aromatic heterocycles. The predicted molar refractivity (Wildman–Crippen MR) is 84.9 cm³/mol. The minimum Gasteiger partial charge on any atom is -0.294 e. The number of thiocarbonyl (C=S) groups is 1. The van der Waals surface area contributed by atoms with Crippen molar-refractivity contribution in [3.8, 4) is 0 Å². The number of nitrogens with zero attached hydrogens (tertiary/aromatic N) is 1. The summed E-state index contributed by atoms with van der Waals surface area (Å²) in [5.74, 6) is 0.0984. The Labute approximate surface area is 124 Å². The highest BCUT2D eigenvalue weighted by molar-refractivity contribution is 7.78. The Balaban J connectivity index is 2.26. The molecule has 0 fully saturated rings. The van der Waals surface area contributed by atoms with Gasteiger partial charge in [-0.25, -0.2) is 4.99 Å². The third kappa shape index (κ3) is 3.38. The van der Waals surface area contributed by atoms with Crippen LogP contribution in [0.15, 0.2) is 59.1 Å². The molecule has 0 amide bonds. The third-order valence-corrected chi connectivity index (χ3v) is 3.60. The quantitative estimate of drug-likeness (QED) is 0.597. The summed E-state index contributed by atoms with van der Waals surface area (Å²) in [6.07, 6.45) is 8.17. The van der Waals surface area contributed by atoms with E-state index in [1.165, 1.54) is 0 Å². The molecule has 1 atom stereocenters. The Morgan fingerprint density at radius 1 is 1.35 bits per heavy atom. The van der Waals surface area contributed by atoms with Gasteiger partial charge < -0.3 is 0 Å². The number of ketones is 1. The number of carbonyl (C=O) groups is 1. The molecule has 1 unspecified atom stereocenters. The minimum atomic E-state index is -0.647. The largest absolute Gasteiger partial charge is 0.294 e. The van der Waals surface area contributed by atoms with Crippen molar-refractivity contribution in [2.24, 2.45) is 4.99 Å². The molecule has 0 aliphatic heterocycles. The van der Waals surface area contributed by atoms with Crippen LogP contribution in [0.1, 0.15) is 31.7 Å². The molecule has 0 saturated heterocycles. The molecule has 0 N–H and O–H groups in total. The lowest BCUT2D eigenvalue weighted by atomic mass is 9.85. The van der Waals surface area contributed by atoms with E-state index in [1.807, 2.05) is 55.5 Å². The highest BCUT2D eigenvalue weighted by atomic mass is 32.1. The van der Waals surface area contributed by atoms with Crippen molar-refractivity contribution in [2.75, 3.05) is 0 Å². The Morgan fingerprint density at radius 3 is 2.70 bits per heavy atom. The van der Waals surface area contributed by atoms with Crippen molar-refractivity contribution in [3.05, 3.63) is 59.7 Å². The molecule has 0 heterocycles. The maximum atomic E-state index is 12.4. The number of hydrogen-bond acceptors (Lipinski definition) is 3. The summed E-state index contributed by atoms with van der Waals surface area (Å²) in [5, 5.41) is 2.43.